The Labute approximate surface area is 237 Å². The summed E-state index contributed by atoms with van der Waals surface area (Å²) in [6, 6.07) is 11.7. The number of hydrogen-bond acceptors (Lipinski definition) is 6. The van der Waals surface area contributed by atoms with Crippen LogP contribution < -0.4 is 4.90 Å². The molecule has 5 aromatic rings. The van der Waals surface area contributed by atoms with Crippen LogP contribution in [0.5, 0.6) is 0 Å². The molecular weight excluding hydrogens is 555 g/mol. The highest BCUT2D eigenvalue weighted by Crippen LogP contribution is 2.45. The second-order valence-corrected chi connectivity index (χ2v) is 11.5. The quantitative estimate of drug-likeness (QED) is 0.140. The number of fused-ring (bicyclic) bond motifs is 2. The van der Waals surface area contributed by atoms with Gasteiger partial charge in [-0.05, 0) is 74.2 Å². The summed E-state index contributed by atoms with van der Waals surface area (Å²) < 4.78 is 2.73. The molecule has 4 heterocycles. The Bertz CT molecular complexity index is 1910. The molecule has 10 heteroatoms. The number of hydrogen-bond donors (Lipinski definition) is 1. The maximum Gasteiger partial charge on any atom is 0.301 e. The Kier molecular flexibility index (Phi) is 6.02. The van der Waals surface area contributed by atoms with E-state index in [2.05, 4.69) is 4.98 Å². The number of carbonyl (C=O) groups excluding carboxylic acids is 2. The highest BCUT2D eigenvalue weighted by molar-refractivity contribution is 7.22. The molecule has 2 aromatic carbocycles. The number of imidazole rings is 1. The van der Waals surface area contributed by atoms with Crippen LogP contribution in [0.25, 0.3) is 21.6 Å². The van der Waals surface area contributed by atoms with Crippen LogP contribution in [-0.2, 0) is 9.59 Å². The third kappa shape index (κ3) is 3.93. The summed E-state index contributed by atoms with van der Waals surface area (Å²) in [5, 5.41) is 12.6. The van der Waals surface area contributed by atoms with E-state index in [4.69, 9.17) is 28.2 Å². The summed E-state index contributed by atoms with van der Waals surface area (Å²) in [7, 11) is 0. The summed E-state index contributed by atoms with van der Waals surface area (Å²) in [4.78, 5) is 38.0. The lowest BCUT2D eigenvalue weighted by atomic mass is 9.96. The van der Waals surface area contributed by atoms with Crippen molar-refractivity contribution >= 4 is 73.0 Å². The zero-order valence-corrected chi connectivity index (χ0v) is 23.7. The molecule has 7 nitrogen and oxygen atoms in total. The number of aryl methyl sites for hydroxylation is 4. The van der Waals surface area contributed by atoms with Gasteiger partial charge in [0, 0.05) is 6.20 Å². The minimum atomic E-state index is -0.993. The topological polar surface area (TPSA) is 87.8 Å². The van der Waals surface area contributed by atoms with Gasteiger partial charge < -0.3 is 9.51 Å². The summed E-state index contributed by atoms with van der Waals surface area (Å²) in [6.45, 7) is 7.67. The number of anilines is 1. The van der Waals surface area contributed by atoms with Gasteiger partial charge in [0.25, 0.3) is 5.78 Å². The van der Waals surface area contributed by atoms with Crippen LogP contribution >= 0.6 is 34.5 Å². The number of ketones is 1. The highest BCUT2D eigenvalue weighted by atomic mass is 35.5. The van der Waals surface area contributed by atoms with Crippen LogP contribution in [0, 0.1) is 27.7 Å². The van der Waals surface area contributed by atoms with Gasteiger partial charge in [-0.25, -0.2) is 9.97 Å². The molecule has 39 heavy (non-hydrogen) atoms. The molecule has 196 valence electrons. The van der Waals surface area contributed by atoms with Gasteiger partial charge in [0.15, 0.2) is 10.9 Å². The number of aliphatic hydroxyl groups is 1. The summed E-state index contributed by atoms with van der Waals surface area (Å²) in [6.07, 6.45) is 1.84. The molecule has 1 saturated heterocycles. The number of nitrogens with zero attached hydrogens (tertiary/aromatic N) is 4. The Morgan fingerprint density at radius 3 is 2.46 bits per heavy atom. The van der Waals surface area contributed by atoms with E-state index < -0.39 is 17.7 Å². The average molecular weight is 577 g/mol. The number of carbonyl (C=O) groups is 2. The van der Waals surface area contributed by atoms with Gasteiger partial charge >= 0.3 is 5.91 Å². The van der Waals surface area contributed by atoms with Crippen LogP contribution in [-0.4, -0.2) is 31.2 Å². The number of halogens is 2. The molecule has 1 unspecified atom stereocenters. The molecule has 0 bridgehead atoms. The number of Topliss-reactive ketones (excluding diaryl/α,β-unsaturated/α-hetero) is 1. The lowest BCUT2D eigenvalue weighted by molar-refractivity contribution is -0.132. The van der Waals surface area contributed by atoms with E-state index in [1.54, 1.807) is 25.1 Å². The first-order chi connectivity index (χ1) is 18.6. The standard InChI is InChI=1S/C29H22Cl2N4O3S/c1-13-10-15(3)22-20(11-13)39-29(33-22)35-24(17-7-8-18(30)19(31)12-17)21(26(37)28(35)38)25(36)23-16(4)34-9-5-6-14(2)27(34)32-23/h5-12,24,36H,1-4H3/b25-21+. The predicted octanol–water partition coefficient (Wildman–Crippen LogP) is 7.11. The molecule has 6 rings (SSSR count). The average Bonchev–Trinajstić information content (AvgIpc) is 3.54. The van der Waals surface area contributed by atoms with Crippen molar-refractivity contribution in [3.05, 3.63) is 97.9 Å². The van der Waals surface area contributed by atoms with Gasteiger partial charge in [-0.3, -0.25) is 14.5 Å². The molecule has 1 aliphatic rings. The third-order valence-electron chi connectivity index (χ3n) is 7.04. The van der Waals surface area contributed by atoms with E-state index in [1.807, 2.05) is 55.6 Å². The lowest BCUT2D eigenvalue weighted by Gasteiger charge is -2.23. The zero-order chi connectivity index (χ0) is 27.7. The lowest BCUT2D eigenvalue weighted by Crippen LogP contribution is -2.29. The number of amides is 1. The molecule has 1 atom stereocenters. The molecule has 3 aromatic heterocycles. The van der Waals surface area contributed by atoms with Crippen molar-refractivity contribution in [3.63, 3.8) is 0 Å². The minimum Gasteiger partial charge on any atom is -0.505 e. The number of rotatable bonds is 3. The van der Waals surface area contributed by atoms with Crippen LogP contribution in [0.15, 0.2) is 54.2 Å². The first kappa shape index (κ1) is 25.6. The Hall–Kier alpha value is -3.72. The number of aliphatic hydroxyl groups excluding tert-OH is 1. The zero-order valence-electron chi connectivity index (χ0n) is 21.4. The van der Waals surface area contributed by atoms with Gasteiger partial charge in [0.2, 0.25) is 0 Å². The molecule has 1 amide bonds. The van der Waals surface area contributed by atoms with Crippen molar-refractivity contribution in [3.8, 4) is 0 Å². The molecule has 1 aliphatic heterocycles. The van der Waals surface area contributed by atoms with Crippen LogP contribution in [0.3, 0.4) is 0 Å². The number of benzene rings is 2. The van der Waals surface area contributed by atoms with Crippen LogP contribution in [0.1, 0.15) is 39.7 Å². The maximum atomic E-state index is 13.6. The van der Waals surface area contributed by atoms with Gasteiger partial charge in [-0.15, -0.1) is 0 Å². The second kappa shape index (κ2) is 9.19. The molecule has 0 aliphatic carbocycles. The van der Waals surface area contributed by atoms with Crippen molar-refractivity contribution in [1.82, 2.24) is 14.4 Å². The molecule has 0 spiro atoms. The number of aromatic nitrogens is 3. The summed E-state index contributed by atoms with van der Waals surface area (Å²) in [5.74, 6) is -1.98. The largest absolute Gasteiger partial charge is 0.505 e. The monoisotopic (exact) mass is 576 g/mol. The van der Waals surface area contributed by atoms with E-state index in [0.717, 1.165) is 26.9 Å². The molecule has 0 saturated carbocycles. The van der Waals surface area contributed by atoms with E-state index in [1.165, 1.54) is 16.2 Å². The van der Waals surface area contributed by atoms with Crippen molar-refractivity contribution in [2.75, 3.05) is 4.90 Å². The smallest absolute Gasteiger partial charge is 0.301 e. The fourth-order valence-corrected chi connectivity index (χ4v) is 6.64. The molecule has 0 radical (unpaired) electrons. The Balaban J connectivity index is 1.62. The fraction of sp³-hybridized carbons (Fsp3) is 0.172. The van der Waals surface area contributed by atoms with Gasteiger partial charge in [0.1, 0.15) is 11.3 Å². The third-order valence-corrected chi connectivity index (χ3v) is 8.78. The SMILES string of the molecule is Cc1cc(C)c2nc(N3C(=O)C(=O)/C(=C(/O)c4nc5c(C)cccn5c4C)C3c3ccc(Cl)c(Cl)c3)sc2c1. The Morgan fingerprint density at radius 2 is 1.74 bits per heavy atom. The van der Waals surface area contributed by atoms with E-state index in [-0.39, 0.29) is 22.0 Å². The Morgan fingerprint density at radius 1 is 0.974 bits per heavy atom. The second-order valence-electron chi connectivity index (χ2n) is 9.70. The summed E-state index contributed by atoms with van der Waals surface area (Å²) in [5.41, 5.74) is 5.61. The van der Waals surface area contributed by atoms with Crippen molar-refractivity contribution in [1.29, 1.82) is 0 Å². The van der Waals surface area contributed by atoms with Gasteiger partial charge in [0.05, 0.1) is 37.6 Å². The molecule has 1 fully saturated rings. The van der Waals surface area contributed by atoms with Crippen LogP contribution in [0.2, 0.25) is 10.0 Å². The fourth-order valence-electron chi connectivity index (χ4n) is 5.16. The first-order valence-corrected chi connectivity index (χ1v) is 13.7. The predicted molar refractivity (Wildman–Crippen MR) is 155 cm³/mol. The van der Waals surface area contributed by atoms with E-state index in [9.17, 15) is 14.7 Å². The van der Waals surface area contributed by atoms with Crippen LogP contribution in [0.4, 0.5) is 5.13 Å². The van der Waals surface area contributed by atoms with Crippen molar-refractivity contribution in [2.45, 2.75) is 33.7 Å². The molecule has 1 N–H and O–H groups in total. The summed E-state index contributed by atoms with van der Waals surface area (Å²) >= 11 is 13.9. The van der Waals surface area contributed by atoms with Crippen molar-refractivity contribution < 1.29 is 14.7 Å². The first-order valence-electron chi connectivity index (χ1n) is 12.1. The van der Waals surface area contributed by atoms with Crippen molar-refractivity contribution in [2.24, 2.45) is 0 Å². The number of pyridine rings is 1. The van der Waals surface area contributed by atoms with Gasteiger partial charge in [-0.1, -0.05) is 52.7 Å². The highest BCUT2D eigenvalue weighted by Gasteiger charge is 2.48. The van der Waals surface area contributed by atoms with E-state index >= 15 is 0 Å². The van der Waals surface area contributed by atoms with Gasteiger partial charge in [-0.2, -0.15) is 0 Å². The number of thiazole rings is 1. The normalized spacial score (nSPS) is 17.2. The molecular formula is C29H22Cl2N4O3S. The maximum absolute atomic E-state index is 13.6. The minimum absolute atomic E-state index is 0.0882. The van der Waals surface area contributed by atoms with E-state index in [0.29, 0.717) is 27.1 Å².